The van der Waals surface area contributed by atoms with E-state index in [-0.39, 0.29) is 12.5 Å². The molecular formula is C12H16N6O. The standard InChI is InChI=1S/C12H16N6O/c1-9-2-3-10(5-14-9)6-15-12(19)8-18-7-11(4-13)16-17-18/h2-3,5,7H,4,6,8,13H2,1H3,(H,15,19). The third-order valence-electron chi connectivity index (χ3n) is 2.56. The summed E-state index contributed by atoms with van der Waals surface area (Å²) in [5, 5.41) is 10.4. The van der Waals surface area contributed by atoms with Gasteiger partial charge in [0.15, 0.2) is 0 Å². The molecule has 0 atom stereocenters. The maximum absolute atomic E-state index is 11.7. The molecule has 2 rings (SSSR count). The lowest BCUT2D eigenvalue weighted by Gasteiger charge is -2.05. The van der Waals surface area contributed by atoms with Gasteiger partial charge in [0.1, 0.15) is 6.54 Å². The number of nitrogens with two attached hydrogens (primary N) is 1. The molecule has 0 aliphatic carbocycles. The number of pyridine rings is 1. The maximum atomic E-state index is 11.7. The molecule has 7 nitrogen and oxygen atoms in total. The molecule has 0 fully saturated rings. The topological polar surface area (TPSA) is 98.7 Å². The lowest BCUT2D eigenvalue weighted by molar-refractivity contribution is -0.122. The zero-order valence-electron chi connectivity index (χ0n) is 10.7. The highest BCUT2D eigenvalue weighted by atomic mass is 16.2. The van der Waals surface area contributed by atoms with E-state index in [9.17, 15) is 4.79 Å². The molecule has 0 aromatic carbocycles. The quantitative estimate of drug-likeness (QED) is 0.772. The van der Waals surface area contributed by atoms with Crippen LogP contribution in [0.15, 0.2) is 24.5 Å². The van der Waals surface area contributed by atoms with Gasteiger partial charge in [-0.2, -0.15) is 0 Å². The van der Waals surface area contributed by atoms with Crippen LogP contribution in [0.4, 0.5) is 0 Å². The Labute approximate surface area is 110 Å². The van der Waals surface area contributed by atoms with Gasteiger partial charge in [0.05, 0.1) is 11.9 Å². The molecule has 0 bridgehead atoms. The number of aryl methyl sites for hydroxylation is 1. The largest absolute Gasteiger partial charge is 0.350 e. The minimum atomic E-state index is -0.131. The van der Waals surface area contributed by atoms with E-state index in [0.717, 1.165) is 11.3 Å². The van der Waals surface area contributed by atoms with Gasteiger partial charge in [-0.15, -0.1) is 5.10 Å². The highest BCUT2D eigenvalue weighted by Gasteiger charge is 2.05. The molecule has 19 heavy (non-hydrogen) atoms. The fourth-order valence-corrected chi connectivity index (χ4v) is 1.52. The summed E-state index contributed by atoms with van der Waals surface area (Å²) in [6.45, 7) is 2.82. The molecule has 3 N–H and O–H groups in total. The Balaban J connectivity index is 1.82. The molecule has 2 aromatic heterocycles. The second-order valence-corrected chi connectivity index (χ2v) is 4.20. The molecule has 0 aliphatic rings. The lowest BCUT2D eigenvalue weighted by Crippen LogP contribution is -2.27. The van der Waals surface area contributed by atoms with E-state index < -0.39 is 0 Å². The van der Waals surface area contributed by atoms with E-state index in [1.807, 2.05) is 19.1 Å². The average Bonchev–Trinajstić information content (AvgIpc) is 2.86. The van der Waals surface area contributed by atoms with Crippen molar-refractivity contribution in [3.05, 3.63) is 41.5 Å². The predicted molar refractivity (Wildman–Crippen MR) is 68.7 cm³/mol. The zero-order valence-corrected chi connectivity index (χ0v) is 10.7. The van der Waals surface area contributed by atoms with E-state index >= 15 is 0 Å². The summed E-state index contributed by atoms with van der Waals surface area (Å²) in [4.78, 5) is 15.9. The number of rotatable bonds is 5. The van der Waals surface area contributed by atoms with Crippen LogP contribution in [0.3, 0.4) is 0 Å². The first-order chi connectivity index (χ1) is 9.17. The predicted octanol–water partition coefficient (Wildman–Crippen LogP) is -0.243. The van der Waals surface area contributed by atoms with Gasteiger partial charge >= 0.3 is 0 Å². The number of amides is 1. The molecule has 0 saturated heterocycles. The molecule has 2 heterocycles. The van der Waals surface area contributed by atoms with Crippen LogP contribution >= 0.6 is 0 Å². The Morgan fingerprint density at radius 1 is 1.47 bits per heavy atom. The second-order valence-electron chi connectivity index (χ2n) is 4.20. The summed E-state index contributed by atoms with van der Waals surface area (Å²) in [7, 11) is 0. The van der Waals surface area contributed by atoms with Crippen molar-refractivity contribution in [2.45, 2.75) is 26.6 Å². The molecule has 0 unspecified atom stereocenters. The zero-order chi connectivity index (χ0) is 13.7. The average molecular weight is 260 g/mol. The number of carbonyl (C=O) groups excluding carboxylic acids is 1. The van der Waals surface area contributed by atoms with Gasteiger partial charge < -0.3 is 11.1 Å². The molecule has 7 heteroatoms. The van der Waals surface area contributed by atoms with Gasteiger partial charge in [0.25, 0.3) is 0 Å². The summed E-state index contributed by atoms with van der Waals surface area (Å²) >= 11 is 0. The van der Waals surface area contributed by atoms with E-state index in [2.05, 4.69) is 20.6 Å². The van der Waals surface area contributed by atoms with Crippen LogP contribution in [-0.2, 0) is 24.4 Å². The Morgan fingerprint density at radius 2 is 2.32 bits per heavy atom. The summed E-state index contributed by atoms with van der Waals surface area (Å²) in [6, 6.07) is 3.84. The van der Waals surface area contributed by atoms with Crippen LogP contribution in [0.5, 0.6) is 0 Å². The van der Waals surface area contributed by atoms with Gasteiger partial charge in [-0.3, -0.25) is 9.78 Å². The molecule has 2 aromatic rings. The number of hydrogen-bond acceptors (Lipinski definition) is 5. The van der Waals surface area contributed by atoms with Crippen molar-refractivity contribution in [2.24, 2.45) is 5.73 Å². The number of nitrogens with one attached hydrogen (secondary N) is 1. The van der Waals surface area contributed by atoms with Crippen LogP contribution < -0.4 is 11.1 Å². The van der Waals surface area contributed by atoms with E-state index in [1.165, 1.54) is 4.68 Å². The van der Waals surface area contributed by atoms with Crippen LogP contribution in [-0.4, -0.2) is 25.9 Å². The summed E-state index contributed by atoms with van der Waals surface area (Å²) in [6.07, 6.45) is 3.41. The number of aromatic nitrogens is 4. The lowest BCUT2D eigenvalue weighted by atomic mass is 10.2. The third-order valence-corrected chi connectivity index (χ3v) is 2.56. The SMILES string of the molecule is Cc1ccc(CNC(=O)Cn2cc(CN)nn2)cn1. The van der Waals surface area contributed by atoms with Crippen LogP contribution in [0.2, 0.25) is 0 Å². The van der Waals surface area contributed by atoms with Crippen molar-refractivity contribution in [3.8, 4) is 0 Å². The molecule has 0 aliphatic heterocycles. The number of nitrogens with zero attached hydrogens (tertiary/aromatic N) is 4. The van der Waals surface area contributed by atoms with Crippen molar-refractivity contribution in [1.29, 1.82) is 0 Å². The van der Waals surface area contributed by atoms with Gasteiger partial charge in [0, 0.05) is 25.0 Å². The van der Waals surface area contributed by atoms with Crippen LogP contribution in [0, 0.1) is 6.92 Å². The first kappa shape index (κ1) is 13.2. The Kier molecular flexibility index (Phi) is 4.19. The Bertz CT molecular complexity index is 548. The highest BCUT2D eigenvalue weighted by molar-refractivity contribution is 5.75. The van der Waals surface area contributed by atoms with Crippen LogP contribution in [0.25, 0.3) is 0 Å². The third kappa shape index (κ3) is 3.85. The first-order valence-corrected chi connectivity index (χ1v) is 5.94. The Hall–Kier alpha value is -2.28. The number of carbonyl (C=O) groups is 1. The van der Waals surface area contributed by atoms with Crippen molar-refractivity contribution in [1.82, 2.24) is 25.3 Å². The molecule has 1 amide bonds. The van der Waals surface area contributed by atoms with Gasteiger partial charge in [-0.25, -0.2) is 4.68 Å². The molecule has 0 spiro atoms. The summed E-state index contributed by atoms with van der Waals surface area (Å²) in [5.41, 5.74) is 7.99. The van der Waals surface area contributed by atoms with Gasteiger partial charge in [-0.05, 0) is 18.6 Å². The van der Waals surface area contributed by atoms with Crippen molar-refractivity contribution in [2.75, 3.05) is 0 Å². The summed E-state index contributed by atoms with van der Waals surface area (Å²) < 4.78 is 1.46. The molecule has 0 saturated carbocycles. The normalized spacial score (nSPS) is 10.4. The summed E-state index contributed by atoms with van der Waals surface area (Å²) in [5.74, 6) is -0.131. The van der Waals surface area contributed by atoms with Crippen molar-refractivity contribution < 1.29 is 4.79 Å². The van der Waals surface area contributed by atoms with Crippen LogP contribution in [0.1, 0.15) is 17.0 Å². The fraction of sp³-hybridized carbons (Fsp3) is 0.333. The minimum absolute atomic E-state index is 0.131. The van der Waals surface area contributed by atoms with Gasteiger partial charge in [-0.1, -0.05) is 11.3 Å². The number of hydrogen-bond donors (Lipinski definition) is 2. The van der Waals surface area contributed by atoms with E-state index in [4.69, 9.17) is 5.73 Å². The Morgan fingerprint density at radius 3 is 2.95 bits per heavy atom. The van der Waals surface area contributed by atoms with Gasteiger partial charge in [0.2, 0.25) is 5.91 Å². The van der Waals surface area contributed by atoms with Crippen molar-refractivity contribution in [3.63, 3.8) is 0 Å². The van der Waals surface area contributed by atoms with E-state index in [1.54, 1.807) is 12.4 Å². The fourth-order valence-electron chi connectivity index (χ4n) is 1.52. The second kappa shape index (κ2) is 6.05. The smallest absolute Gasteiger partial charge is 0.242 e. The molecule has 0 radical (unpaired) electrons. The monoisotopic (exact) mass is 260 g/mol. The molecule has 100 valence electrons. The highest BCUT2D eigenvalue weighted by Crippen LogP contribution is 1.98. The minimum Gasteiger partial charge on any atom is -0.350 e. The molecular weight excluding hydrogens is 244 g/mol. The maximum Gasteiger partial charge on any atom is 0.242 e. The van der Waals surface area contributed by atoms with E-state index in [0.29, 0.717) is 18.8 Å². The first-order valence-electron chi connectivity index (χ1n) is 5.94. The van der Waals surface area contributed by atoms with Crippen molar-refractivity contribution >= 4 is 5.91 Å².